The Balaban J connectivity index is 0.000000810. The fraction of sp³-hybridized carbons (Fsp3) is 0.500. The van der Waals surface area contributed by atoms with Gasteiger partial charge in [0.2, 0.25) is 0 Å². The van der Waals surface area contributed by atoms with Crippen LogP contribution in [-0.4, -0.2) is 16.3 Å². The zero-order valence-corrected chi connectivity index (χ0v) is 6.77. The maximum absolute atomic E-state index is 5.35. The number of aromatic nitrogens is 2. The monoisotopic (exact) mass is 161 g/mol. The van der Waals surface area contributed by atoms with Crippen LogP contribution in [0.1, 0.15) is 5.69 Å². The molecule has 0 bridgehead atoms. The molecule has 0 spiro atoms. The topological polar surface area (TPSA) is 43.8 Å². The molecule has 0 unspecified atom stereocenters. The maximum atomic E-state index is 5.35. The van der Waals surface area contributed by atoms with Crippen LogP contribution in [0.3, 0.4) is 0 Å². The van der Waals surface area contributed by atoms with E-state index < -0.39 is 0 Å². The molecule has 58 valence electrons. The van der Waals surface area contributed by atoms with Crippen LogP contribution in [0, 0.1) is 0 Å². The molecule has 1 rings (SSSR count). The van der Waals surface area contributed by atoms with Gasteiger partial charge in [-0.3, -0.25) is 4.68 Å². The number of hydrogen-bond acceptors (Lipinski definition) is 2. The SMILES string of the molecule is Cl.Cn1nccc1CCN. The second-order valence-electron chi connectivity index (χ2n) is 1.98. The van der Waals surface area contributed by atoms with Gasteiger partial charge in [0, 0.05) is 25.4 Å². The molecular weight excluding hydrogens is 150 g/mol. The molecule has 1 aromatic heterocycles. The Bertz CT molecular complexity index is 185. The first-order chi connectivity index (χ1) is 4.34. The minimum Gasteiger partial charge on any atom is -0.330 e. The van der Waals surface area contributed by atoms with Crippen molar-refractivity contribution in [3.05, 3.63) is 18.0 Å². The van der Waals surface area contributed by atoms with E-state index in [4.69, 9.17) is 5.73 Å². The van der Waals surface area contributed by atoms with Crippen LogP contribution in [0.5, 0.6) is 0 Å². The zero-order chi connectivity index (χ0) is 6.69. The van der Waals surface area contributed by atoms with E-state index in [1.165, 1.54) is 5.69 Å². The van der Waals surface area contributed by atoms with E-state index >= 15 is 0 Å². The van der Waals surface area contributed by atoms with Crippen molar-refractivity contribution in [2.24, 2.45) is 12.8 Å². The van der Waals surface area contributed by atoms with Gasteiger partial charge < -0.3 is 5.73 Å². The molecule has 0 saturated carbocycles. The molecule has 1 heterocycles. The highest BCUT2D eigenvalue weighted by Gasteiger charge is 1.93. The van der Waals surface area contributed by atoms with Crippen LogP contribution in [0.25, 0.3) is 0 Å². The molecule has 2 N–H and O–H groups in total. The van der Waals surface area contributed by atoms with Gasteiger partial charge >= 0.3 is 0 Å². The van der Waals surface area contributed by atoms with Crippen LogP contribution in [0.4, 0.5) is 0 Å². The van der Waals surface area contributed by atoms with E-state index in [0.717, 1.165) is 6.42 Å². The van der Waals surface area contributed by atoms with Crippen molar-refractivity contribution in [2.75, 3.05) is 6.54 Å². The van der Waals surface area contributed by atoms with Crippen molar-refractivity contribution in [1.82, 2.24) is 9.78 Å². The van der Waals surface area contributed by atoms with Gasteiger partial charge in [0.15, 0.2) is 0 Å². The molecule has 0 aliphatic heterocycles. The predicted molar refractivity (Wildman–Crippen MR) is 43.2 cm³/mol. The molecule has 0 amide bonds. The second kappa shape index (κ2) is 4.30. The van der Waals surface area contributed by atoms with E-state index in [9.17, 15) is 0 Å². The van der Waals surface area contributed by atoms with Crippen LogP contribution in [0.2, 0.25) is 0 Å². The molecule has 0 saturated heterocycles. The molecule has 4 heteroatoms. The van der Waals surface area contributed by atoms with Crippen molar-refractivity contribution in [3.8, 4) is 0 Å². The highest BCUT2D eigenvalue weighted by atomic mass is 35.5. The Kier molecular flexibility index (Phi) is 4.07. The van der Waals surface area contributed by atoms with Crippen molar-refractivity contribution < 1.29 is 0 Å². The van der Waals surface area contributed by atoms with Gasteiger partial charge in [-0.2, -0.15) is 5.10 Å². The van der Waals surface area contributed by atoms with Gasteiger partial charge in [0.05, 0.1) is 0 Å². The summed E-state index contributed by atoms with van der Waals surface area (Å²) in [4.78, 5) is 0. The van der Waals surface area contributed by atoms with Gasteiger partial charge in [0.25, 0.3) is 0 Å². The predicted octanol–water partition coefficient (Wildman–Crippen LogP) is 0.343. The lowest BCUT2D eigenvalue weighted by Gasteiger charge is -1.96. The summed E-state index contributed by atoms with van der Waals surface area (Å²) in [5.41, 5.74) is 6.54. The summed E-state index contributed by atoms with van der Waals surface area (Å²) in [6, 6.07) is 1.98. The average Bonchev–Trinajstić information content (AvgIpc) is 2.18. The molecule has 0 fully saturated rings. The van der Waals surface area contributed by atoms with Crippen LogP contribution in [-0.2, 0) is 13.5 Å². The fourth-order valence-corrected chi connectivity index (χ4v) is 0.794. The highest BCUT2D eigenvalue weighted by molar-refractivity contribution is 5.85. The lowest BCUT2D eigenvalue weighted by molar-refractivity contribution is 0.706. The van der Waals surface area contributed by atoms with Gasteiger partial charge in [-0.15, -0.1) is 12.4 Å². The van der Waals surface area contributed by atoms with Crippen LogP contribution < -0.4 is 5.73 Å². The molecule has 0 radical (unpaired) electrons. The third-order valence-electron chi connectivity index (χ3n) is 1.32. The number of aryl methyl sites for hydroxylation is 1. The summed E-state index contributed by atoms with van der Waals surface area (Å²) in [6.07, 6.45) is 2.70. The number of nitrogens with two attached hydrogens (primary N) is 1. The first-order valence-electron chi connectivity index (χ1n) is 3.01. The Hall–Kier alpha value is -0.540. The Morgan fingerprint density at radius 2 is 2.40 bits per heavy atom. The summed E-state index contributed by atoms with van der Waals surface area (Å²) in [7, 11) is 1.92. The maximum Gasteiger partial charge on any atom is 0.0492 e. The molecule has 1 aromatic rings. The summed E-state index contributed by atoms with van der Waals surface area (Å²) in [6.45, 7) is 0.694. The molecule has 3 nitrogen and oxygen atoms in total. The molecular formula is C6H12ClN3. The number of halogens is 1. The summed E-state index contributed by atoms with van der Waals surface area (Å²) in [5, 5.41) is 4.00. The summed E-state index contributed by atoms with van der Waals surface area (Å²) in [5.74, 6) is 0. The van der Waals surface area contributed by atoms with Crippen molar-refractivity contribution in [1.29, 1.82) is 0 Å². The Morgan fingerprint density at radius 3 is 2.80 bits per heavy atom. The minimum absolute atomic E-state index is 0. The summed E-state index contributed by atoms with van der Waals surface area (Å²) < 4.78 is 1.84. The van der Waals surface area contributed by atoms with Crippen molar-refractivity contribution in [2.45, 2.75) is 6.42 Å². The average molecular weight is 162 g/mol. The normalized spacial score (nSPS) is 9.00. The fourth-order valence-electron chi connectivity index (χ4n) is 0.794. The molecule has 0 aliphatic carbocycles. The quantitative estimate of drug-likeness (QED) is 0.680. The van der Waals surface area contributed by atoms with Crippen molar-refractivity contribution >= 4 is 12.4 Å². The van der Waals surface area contributed by atoms with Gasteiger partial charge in [0.1, 0.15) is 0 Å². The van der Waals surface area contributed by atoms with Crippen LogP contribution in [0.15, 0.2) is 12.3 Å². The number of hydrogen-bond donors (Lipinski definition) is 1. The van der Waals surface area contributed by atoms with Crippen LogP contribution >= 0.6 is 12.4 Å². The van der Waals surface area contributed by atoms with E-state index in [-0.39, 0.29) is 12.4 Å². The smallest absolute Gasteiger partial charge is 0.0492 e. The lowest BCUT2D eigenvalue weighted by Crippen LogP contribution is -2.06. The Labute approximate surface area is 66.6 Å². The Morgan fingerprint density at radius 1 is 1.70 bits per heavy atom. The standard InChI is InChI=1S/C6H11N3.ClH/c1-9-6(2-4-7)3-5-8-9;/h3,5H,2,4,7H2,1H3;1H. The van der Waals surface area contributed by atoms with Gasteiger partial charge in [-0.25, -0.2) is 0 Å². The first-order valence-corrected chi connectivity index (χ1v) is 3.01. The highest BCUT2D eigenvalue weighted by Crippen LogP contribution is 1.94. The molecule has 0 atom stereocenters. The van der Waals surface area contributed by atoms with E-state index in [1.807, 2.05) is 17.8 Å². The first kappa shape index (κ1) is 9.46. The number of nitrogens with zero attached hydrogens (tertiary/aromatic N) is 2. The molecule has 0 aromatic carbocycles. The third kappa shape index (κ3) is 2.01. The molecule has 10 heavy (non-hydrogen) atoms. The lowest BCUT2D eigenvalue weighted by atomic mass is 10.3. The minimum atomic E-state index is 0. The van der Waals surface area contributed by atoms with Gasteiger partial charge in [-0.1, -0.05) is 0 Å². The second-order valence-corrected chi connectivity index (χ2v) is 1.98. The molecule has 0 aliphatic rings. The van der Waals surface area contributed by atoms with Gasteiger partial charge in [-0.05, 0) is 12.6 Å². The van der Waals surface area contributed by atoms with E-state index in [0.29, 0.717) is 6.54 Å². The number of rotatable bonds is 2. The third-order valence-corrected chi connectivity index (χ3v) is 1.32. The zero-order valence-electron chi connectivity index (χ0n) is 5.95. The van der Waals surface area contributed by atoms with E-state index in [2.05, 4.69) is 5.10 Å². The summed E-state index contributed by atoms with van der Waals surface area (Å²) >= 11 is 0. The van der Waals surface area contributed by atoms with Crippen molar-refractivity contribution in [3.63, 3.8) is 0 Å². The van der Waals surface area contributed by atoms with E-state index in [1.54, 1.807) is 6.20 Å². The largest absolute Gasteiger partial charge is 0.330 e.